The molecule has 0 fully saturated rings. The van der Waals surface area contributed by atoms with Crippen LogP contribution in [0.15, 0.2) is 89.6 Å². The molecule has 0 aliphatic carbocycles. The minimum absolute atomic E-state index is 0.123. The van der Waals surface area contributed by atoms with Crippen molar-refractivity contribution in [2.45, 2.75) is 33.5 Å². The zero-order valence-corrected chi connectivity index (χ0v) is 20.8. The van der Waals surface area contributed by atoms with Crippen LogP contribution in [0.1, 0.15) is 35.9 Å². The third kappa shape index (κ3) is 7.52. The molecule has 37 heavy (non-hydrogen) atoms. The molecule has 0 atom stereocenters. The fourth-order valence-corrected chi connectivity index (χ4v) is 3.44. The van der Waals surface area contributed by atoms with Crippen molar-refractivity contribution in [1.29, 1.82) is 0 Å². The average molecular weight is 500 g/mol. The average Bonchev–Trinajstić information content (AvgIpc) is 3.31. The van der Waals surface area contributed by atoms with E-state index in [1.54, 1.807) is 25.4 Å². The Morgan fingerprint density at radius 2 is 1.84 bits per heavy atom. The molecule has 2 heterocycles. The van der Waals surface area contributed by atoms with Gasteiger partial charge >= 0.3 is 5.97 Å². The number of hydroxylamine groups is 1. The number of hydrogen-bond acceptors (Lipinski definition) is 8. The number of benzene rings is 2. The van der Waals surface area contributed by atoms with E-state index >= 15 is 0 Å². The maximum Gasteiger partial charge on any atom is 0.309 e. The molecular formula is C29H29N3O5. The van der Waals surface area contributed by atoms with Crippen molar-refractivity contribution in [1.82, 2.24) is 15.4 Å². The van der Waals surface area contributed by atoms with Crippen LogP contribution in [0, 0.1) is 6.92 Å². The molecule has 0 radical (unpaired) electrons. The van der Waals surface area contributed by atoms with Crippen molar-refractivity contribution in [3.05, 3.63) is 108 Å². The normalized spacial score (nSPS) is 11.2. The lowest BCUT2D eigenvalue weighted by molar-refractivity contribution is -0.142. The van der Waals surface area contributed by atoms with Gasteiger partial charge in [0, 0.05) is 23.5 Å². The van der Waals surface area contributed by atoms with Crippen LogP contribution < -0.4 is 10.2 Å². The SMILES string of the molecule is CCOC(=O)CC=C(NOCc1ccc(OCc2nc(-c3ccccc3)oc2C)cc1)c1cccnc1. The van der Waals surface area contributed by atoms with E-state index in [-0.39, 0.29) is 12.4 Å². The highest BCUT2D eigenvalue weighted by atomic mass is 16.6. The lowest BCUT2D eigenvalue weighted by Gasteiger charge is -2.12. The molecule has 0 aliphatic rings. The summed E-state index contributed by atoms with van der Waals surface area (Å²) in [5.74, 6) is 1.72. The van der Waals surface area contributed by atoms with E-state index in [9.17, 15) is 4.79 Å². The lowest BCUT2D eigenvalue weighted by atomic mass is 10.2. The first kappa shape index (κ1) is 25.7. The van der Waals surface area contributed by atoms with Gasteiger partial charge in [0.2, 0.25) is 5.89 Å². The minimum atomic E-state index is -0.307. The van der Waals surface area contributed by atoms with E-state index in [0.717, 1.165) is 28.1 Å². The molecule has 2 aromatic heterocycles. The Kier molecular flexibility index (Phi) is 9.04. The summed E-state index contributed by atoms with van der Waals surface area (Å²) in [6.07, 6.45) is 5.22. The quantitative estimate of drug-likeness (QED) is 0.198. The van der Waals surface area contributed by atoms with Gasteiger partial charge < -0.3 is 13.9 Å². The summed E-state index contributed by atoms with van der Waals surface area (Å²) in [5, 5.41) is 0. The molecule has 0 unspecified atom stereocenters. The number of oxazole rings is 1. The molecule has 8 nitrogen and oxygen atoms in total. The zero-order chi connectivity index (χ0) is 25.9. The zero-order valence-electron chi connectivity index (χ0n) is 20.8. The van der Waals surface area contributed by atoms with Crippen molar-refractivity contribution in [2.75, 3.05) is 6.61 Å². The van der Waals surface area contributed by atoms with Crippen molar-refractivity contribution in [2.24, 2.45) is 0 Å². The summed E-state index contributed by atoms with van der Waals surface area (Å²) < 4.78 is 16.7. The Morgan fingerprint density at radius 3 is 2.57 bits per heavy atom. The van der Waals surface area contributed by atoms with E-state index in [4.69, 9.17) is 18.7 Å². The van der Waals surface area contributed by atoms with Crippen LogP contribution in [0.25, 0.3) is 17.2 Å². The summed E-state index contributed by atoms with van der Waals surface area (Å²) in [4.78, 5) is 26.2. The summed E-state index contributed by atoms with van der Waals surface area (Å²) >= 11 is 0. The van der Waals surface area contributed by atoms with E-state index in [1.165, 1.54) is 0 Å². The molecule has 2 aromatic carbocycles. The summed E-state index contributed by atoms with van der Waals surface area (Å²) in [7, 11) is 0. The monoisotopic (exact) mass is 499 g/mol. The number of carbonyl (C=O) groups is 1. The number of hydrogen-bond donors (Lipinski definition) is 1. The third-order valence-corrected chi connectivity index (χ3v) is 5.38. The highest BCUT2D eigenvalue weighted by Crippen LogP contribution is 2.23. The number of nitrogens with one attached hydrogen (secondary N) is 1. The highest BCUT2D eigenvalue weighted by molar-refractivity contribution is 5.74. The van der Waals surface area contributed by atoms with Crippen LogP contribution >= 0.6 is 0 Å². The van der Waals surface area contributed by atoms with Crippen LogP contribution in [-0.2, 0) is 27.6 Å². The molecule has 4 rings (SSSR count). The van der Waals surface area contributed by atoms with Gasteiger partial charge in [-0.1, -0.05) is 30.3 Å². The molecule has 190 valence electrons. The first-order valence-electron chi connectivity index (χ1n) is 12.0. The maximum absolute atomic E-state index is 11.8. The Balaban J connectivity index is 1.30. The molecule has 4 aromatic rings. The molecule has 1 N–H and O–H groups in total. The van der Waals surface area contributed by atoms with Crippen molar-refractivity contribution < 1.29 is 23.5 Å². The number of carbonyl (C=O) groups excluding carboxylic acids is 1. The highest BCUT2D eigenvalue weighted by Gasteiger charge is 2.12. The van der Waals surface area contributed by atoms with E-state index in [2.05, 4.69) is 15.4 Å². The molecule has 0 aliphatic heterocycles. The van der Waals surface area contributed by atoms with Crippen LogP contribution in [0.4, 0.5) is 0 Å². The number of aromatic nitrogens is 2. The number of aryl methyl sites for hydroxylation is 1. The summed E-state index contributed by atoms with van der Waals surface area (Å²) in [6, 6.07) is 21.1. The predicted octanol–water partition coefficient (Wildman–Crippen LogP) is 5.64. The van der Waals surface area contributed by atoms with Gasteiger partial charge in [-0.25, -0.2) is 4.98 Å². The maximum atomic E-state index is 11.8. The largest absolute Gasteiger partial charge is 0.487 e. The topological polar surface area (TPSA) is 95.7 Å². The van der Waals surface area contributed by atoms with Gasteiger partial charge in [-0.2, -0.15) is 0 Å². The van der Waals surface area contributed by atoms with E-state index < -0.39 is 0 Å². The molecule has 0 saturated carbocycles. The van der Waals surface area contributed by atoms with Crippen molar-refractivity contribution >= 4 is 11.7 Å². The number of ether oxygens (including phenoxy) is 2. The van der Waals surface area contributed by atoms with Gasteiger partial charge in [-0.3, -0.25) is 20.1 Å². The Morgan fingerprint density at radius 1 is 1.03 bits per heavy atom. The second-order valence-electron chi connectivity index (χ2n) is 8.08. The standard InChI is InChI=1S/C29H29N3O5/c1-3-34-28(33)16-15-26(24-10-7-17-30-18-24)32-36-19-22-11-13-25(14-12-22)35-20-27-21(2)37-29(31-27)23-8-5-4-6-9-23/h4-15,17-18,32H,3,16,19-20H2,1-2H3. The minimum Gasteiger partial charge on any atom is -0.487 e. The first-order valence-corrected chi connectivity index (χ1v) is 12.0. The van der Waals surface area contributed by atoms with Crippen molar-refractivity contribution in [3.8, 4) is 17.2 Å². The van der Waals surface area contributed by atoms with Crippen LogP contribution in [0.3, 0.4) is 0 Å². The number of pyridine rings is 1. The molecule has 8 heteroatoms. The van der Waals surface area contributed by atoms with Gasteiger partial charge in [-0.15, -0.1) is 0 Å². The predicted molar refractivity (Wildman–Crippen MR) is 139 cm³/mol. The van der Waals surface area contributed by atoms with E-state index in [0.29, 0.717) is 37.2 Å². The number of esters is 1. The van der Waals surface area contributed by atoms with Crippen LogP contribution in [-0.4, -0.2) is 22.5 Å². The van der Waals surface area contributed by atoms with Crippen molar-refractivity contribution in [3.63, 3.8) is 0 Å². The van der Waals surface area contributed by atoms with Gasteiger partial charge in [0.1, 0.15) is 23.8 Å². The smallest absolute Gasteiger partial charge is 0.309 e. The van der Waals surface area contributed by atoms with Gasteiger partial charge in [0.15, 0.2) is 0 Å². The van der Waals surface area contributed by atoms with Gasteiger partial charge in [0.05, 0.1) is 25.3 Å². The second kappa shape index (κ2) is 13.0. The van der Waals surface area contributed by atoms with Gasteiger partial charge in [-0.05, 0) is 61.9 Å². The number of rotatable bonds is 12. The third-order valence-electron chi connectivity index (χ3n) is 5.38. The fourth-order valence-electron chi connectivity index (χ4n) is 3.44. The first-order chi connectivity index (χ1) is 18.1. The molecule has 0 spiro atoms. The van der Waals surface area contributed by atoms with Gasteiger partial charge in [0.25, 0.3) is 0 Å². The summed E-state index contributed by atoms with van der Waals surface area (Å²) in [5.41, 5.74) is 7.00. The Labute approximate surface area is 215 Å². The molecular weight excluding hydrogens is 470 g/mol. The molecule has 0 saturated heterocycles. The van der Waals surface area contributed by atoms with E-state index in [1.807, 2.05) is 73.7 Å². The second-order valence-corrected chi connectivity index (χ2v) is 8.08. The molecule has 0 amide bonds. The summed E-state index contributed by atoms with van der Waals surface area (Å²) in [6.45, 7) is 4.61. The Hall–Kier alpha value is -4.43. The number of nitrogens with zero attached hydrogens (tertiary/aromatic N) is 2. The lowest BCUT2D eigenvalue weighted by Crippen LogP contribution is -2.14. The van der Waals surface area contributed by atoms with Crippen LogP contribution in [0.2, 0.25) is 0 Å². The Bertz CT molecular complexity index is 1300. The van der Waals surface area contributed by atoms with Crippen LogP contribution in [0.5, 0.6) is 5.75 Å². The fraction of sp³-hybridized carbons (Fsp3) is 0.207. The molecule has 0 bridgehead atoms.